The van der Waals surface area contributed by atoms with E-state index in [4.69, 9.17) is 23.2 Å². The van der Waals surface area contributed by atoms with Gasteiger partial charge < -0.3 is 26.4 Å². The lowest BCUT2D eigenvalue weighted by molar-refractivity contribution is -0.139. The molecular formula is C25H29Cl2N5O5. The van der Waals surface area contributed by atoms with Crippen molar-refractivity contribution in [3.63, 3.8) is 0 Å². The number of carboxylic acids is 1. The van der Waals surface area contributed by atoms with Crippen molar-refractivity contribution in [1.82, 2.24) is 21.3 Å². The molecule has 1 aliphatic heterocycles. The molecule has 3 atom stereocenters. The van der Waals surface area contributed by atoms with E-state index in [9.17, 15) is 24.3 Å². The highest BCUT2D eigenvalue weighted by Gasteiger charge is 2.24. The Morgan fingerprint density at radius 3 is 2.43 bits per heavy atom. The second kappa shape index (κ2) is 13.3. The predicted molar refractivity (Wildman–Crippen MR) is 141 cm³/mol. The van der Waals surface area contributed by atoms with Crippen molar-refractivity contribution in [2.45, 2.75) is 32.0 Å². The molecule has 2 aromatic rings. The number of carbonyl (C=O) groups excluding carboxylic acids is 3. The first-order valence-corrected chi connectivity index (χ1v) is 12.5. The lowest BCUT2D eigenvalue weighted by atomic mass is 9.98. The smallest absolute Gasteiger partial charge is 0.328 e. The Kier molecular flexibility index (Phi) is 10.1. The highest BCUT2D eigenvalue weighted by atomic mass is 35.5. The van der Waals surface area contributed by atoms with E-state index in [0.29, 0.717) is 11.5 Å². The minimum atomic E-state index is -1.45. The fraction of sp³-hybridized carbons (Fsp3) is 0.360. The van der Waals surface area contributed by atoms with Crippen LogP contribution in [0.15, 0.2) is 42.5 Å². The number of nitrogens with one attached hydrogen (secondary N) is 5. The number of hydrogen-bond acceptors (Lipinski definition) is 6. The topological polar surface area (TPSA) is 149 Å². The molecule has 0 aromatic heterocycles. The number of rotatable bonds is 10. The van der Waals surface area contributed by atoms with Gasteiger partial charge in [-0.3, -0.25) is 19.7 Å². The number of benzene rings is 2. The first-order valence-electron chi connectivity index (χ1n) is 11.8. The number of piperidine rings is 1. The summed E-state index contributed by atoms with van der Waals surface area (Å²) < 4.78 is 0. The average Bonchev–Trinajstić information content (AvgIpc) is 2.85. The Labute approximate surface area is 224 Å². The number of carboxylic acid groups (broad SMARTS) is 1. The minimum Gasteiger partial charge on any atom is -0.480 e. The van der Waals surface area contributed by atoms with Gasteiger partial charge in [0.2, 0.25) is 5.91 Å². The SMILES string of the molecule is CC1CCNC(Nc2cccc(C(=O)NCC(=O)NC[C@H](NC(=O)c3c(Cl)cccc3Cl)C(=O)O)c2)C1. The van der Waals surface area contributed by atoms with Gasteiger partial charge in [0.15, 0.2) is 0 Å². The maximum atomic E-state index is 12.5. The molecule has 0 bridgehead atoms. The Bertz CT molecular complexity index is 1140. The van der Waals surface area contributed by atoms with Crippen LogP contribution >= 0.6 is 23.2 Å². The van der Waals surface area contributed by atoms with E-state index in [1.807, 2.05) is 6.07 Å². The van der Waals surface area contributed by atoms with Crippen LogP contribution in [0.3, 0.4) is 0 Å². The number of carbonyl (C=O) groups is 4. The lowest BCUT2D eigenvalue weighted by Crippen LogP contribution is -2.50. The summed E-state index contributed by atoms with van der Waals surface area (Å²) in [7, 11) is 0. The Morgan fingerprint density at radius 1 is 1.05 bits per heavy atom. The minimum absolute atomic E-state index is 0.0599. The predicted octanol–water partition coefficient (Wildman–Crippen LogP) is 2.48. The third kappa shape index (κ3) is 8.34. The standard InChI is InChI=1S/C25H29Cl2N5O5/c1-14-8-9-28-20(10-14)31-16-5-2-4-15(11-16)23(34)30-13-21(33)29-12-19(25(36)37)32-24(35)22-17(26)6-3-7-18(22)27/h2-7,11,14,19-20,28,31H,8-10,12-13H2,1H3,(H,29,33)(H,30,34)(H,32,35)(H,36,37)/t14?,19-,20?/m0/s1. The van der Waals surface area contributed by atoms with Crippen LogP contribution in [0.2, 0.25) is 10.0 Å². The number of anilines is 1. The molecule has 37 heavy (non-hydrogen) atoms. The van der Waals surface area contributed by atoms with Crippen LogP contribution in [-0.2, 0) is 9.59 Å². The highest BCUT2D eigenvalue weighted by molar-refractivity contribution is 6.39. The van der Waals surface area contributed by atoms with Gasteiger partial charge in [0, 0.05) is 17.8 Å². The summed E-state index contributed by atoms with van der Waals surface area (Å²) in [6, 6.07) is 9.93. The normalized spacial score (nSPS) is 17.8. The summed E-state index contributed by atoms with van der Waals surface area (Å²) in [6.07, 6.45) is 2.21. The molecule has 10 nitrogen and oxygen atoms in total. The Morgan fingerprint density at radius 2 is 1.76 bits per heavy atom. The molecule has 1 fully saturated rings. The van der Waals surface area contributed by atoms with Gasteiger partial charge in [-0.05, 0) is 55.6 Å². The molecule has 2 aromatic carbocycles. The van der Waals surface area contributed by atoms with Gasteiger partial charge >= 0.3 is 5.97 Å². The molecule has 0 radical (unpaired) electrons. The van der Waals surface area contributed by atoms with Crippen molar-refractivity contribution in [3.05, 3.63) is 63.6 Å². The van der Waals surface area contributed by atoms with Crippen molar-refractivity contribution in [2.75, 3.05) is 25.0 Å². The molecule has 198 valence electrons. The molecule has 0 spiro atoms. The fourth-order valence-electron chi connectivity index (χ4n) is 3.86. The summed E-state index contributed by atoms with van der Waals surface area (Å²) in [5, 5.41) is 23.5. The first-order chi connectivity index (χ1) is 17.6. The van der Waals surface area contributed by atoms with E-state index in [-0.39, 0.29) is 28.3 Å². The van der Waals surface area contributed by atoms with E-state index in [0.717, 1.165) is 25.1 Å². The Balaban J connectivity index is 1.49. The van der Waals surface area contributed by atoms with Crippen molar-refractivity contribution in [2.24, 2.45) is 5.92 Å². The monoisotopic (exact) mass is 549 g/mol. The van der Waals surface area contributed by atoms with Crippen LogP contribution < -0.4 is 26.6 Å². The van der Waals surface area contributed by atoms with Gasteiger partial charge in [0.05, 0.1) is 28.3 Å². The summed E-state index contributed by atoms with van der Waals surface area (Å²) >= 11 is 12.0. The molecule has 3 rings (SSSR count). The van der Waals surface area contributed by atoms with Gasteiger partial charge in [-0.2, -0.15) is 0 Å². The van der Waals surface area contributed by atoms with Crippen LogP contribution in [0.1, 0.15) is 40.5 Å². The maximum Gasteiger partial charge on any atom is 0.328 e. The van der Waals surface area contributed by atoms with E-state index in [2.05, 4.69) is 33.5 Å². The summed E-state index contributed by atoms with van der Waals surface area (Å²) in [4.78, 5) is 48.8. The van der Waals surface area contributed by atoms with Gasteiger partial charge in [-0.25, -0.2) is 4.79 Å². The molecule has 0 aliphatic carbocycles. The highest BCUT2D eigenvalue weighted by Crippen LogP contribution is 2.24. The second-order valence-corrected chi connectivity index (χ2v) is 9.62. The quantitative estimate of drug-likeness (QED) is 0.266. The molecular weight excluding hydrogens is 521 g/mol. The molecule has 0 saturated carbocycles. The van der Waals surface area contributed by atoms with E-state index in [1.165, 1.54) is 12.1 Å². The van der Waals surface area contributed by atoms with Crippen molar-refractivity contribution in [3.8, 4) is 0 Å². The summed E-state index contributed by atoms with van der Waals surface area (Å²) in [5.41, 5.74) is 1.08. The van der Waals surface area contributed by atoms with Crippen molar-refractivity contribution >= 4 is 52.6 Å². The number of hydrogen-bond donors (Lipinski definition) is 6. The van der Waals surface area contributed by atoms with Gasteiger partial charge in [-0.1, -0.05) is 42.3 Å². The third-order valence-corrected chi connectivity index (χ3v) is 6.47. The fourth-order valence-corrected chi connectivity index (χ4v) is 4.42. The molecule has 1 heterocycles. The molecule has 6 N–H and O–H groups in total. The molecule has 3 amide bonds. The summed E-state index contributed by atoms with van der Waals surface area (Å²) in [6.45, 7) is 2.33. The van der Waals surface area contributed by atoms with Gasteiger partial charge in [0.1, 0.15) is 6.04 Å². The van der Waals surface area contributed by atoms with Crippen molar-refractivity contribution < 1.29 is 24.3 Å². The molecule has 1 aliphatic rings. The van der Waals surface area contributed by atoms with E-state index in [1.54, 1.807) is 24.3 Å². The molecule has 12 heteroatoms. The summed E-state index contributed by atoms with van der Waals surface area (Å²) in [5.74, 6) is -2.64. The zero-order chi connectivity index (χ0) is 26.9. The number of aliphatic carboxylic acids is 1. The number of halogens is 2. The zero-order valence-corrected chi connectivity index (χ0v) is 21.7. The lowest BCUT2D eigenvalue weighted by Gasteiger charge is -2.29. The van der Waals surface area contributed by atoms with Crippen LogP contribution in [0, 0.1) is 5.92 Å². The Hall–Kier alpha value is -3.34. The van der Waals surface area contributed by atoms with Crippen LogP contribution in [-0.4, -0.2) is 60.6 Å². The maximum absolute atomic E-state index is 12.5. The largest absolute Gasteiger partial charge is 0.480 e. The van der Waals surface area contributed by atoms with Gasteiger partial charge in [-0.15, -0.1) is 0 Å². The zero-order valence-electron chi connectivity index (χ0n) is 20.1. The molecule has 1 saturated heterocycles. The van der Waals surface area contributed by atoms with Gasteiger partial charge in [0.25, 0.3) is 11.8 Å². The van der Waals surface area contributed by atoms with Crippen LogP contribution in [0.4, 0.5) is 5.69 Å². The van der Waals surface area contributed by atoms with E-state index < -0.39 is 36.3 Å². The number of amides is 3. The van der Waals surface area contributed by atoms with Crippen molar-refractivity contribution in [1.29, 1.82) is 0 Å². The third-order valence-electron chi connectivity index (χ3n) is 5.84. The molecule has 2 unspecified atom stereocenters. The first kappa shape index (κ1) is 28.2. The van der Waals surface area contributed by atoms with E-state index >= 15 is 0 Å². The average molecular weight is 550 g/mol. The van der Waals surface area contributed by atoms with Crippen LogP contribution in [0.5, 0.6) is 0 Å². The second-order valence-electron chi connectivity index (χ2n) is 8.81. The van der Waals surface area contributed by atoms with Crippen LogP contribution in [0.25, 0.3) is 0 Å².